The molecular formula is C8H10FN5. The second-order valence-corrected chi connectivity index (χ2v) is 2.80. The highest BCUT2D eigenvalue weighted by Crippen LogP contribution is 2.05. The summed E-state index contributed by atoms with van der Waals surface area (Å²) in [5.41, 5.74) is 5.91. The molecule has 2 rings (SSSR count). The van der Waals surface area contributed by atoms with E-state index in [2.05, 4.69) is 15.4 Å². The molecule has 0 aliphatic heterocycles. The van der Waals surface area contributed by atoms with Crippen molar-refractivity contribution in [3.63, 3.8) is 0 Å². The summed E-state index contributed by atoms with van der Waals surface area (Å²) in [6, 6.07) is 2.91. The predicted octanol–water partition coefficient (Wildman–Crippen LogP) is 0.239. The fraction of sp³-hybridized carbons (Fsp3) is 0.250. The number of hydrogen-bond donors (Lipinski definition) is 2. The molecule has 2 aromatic heterocycles. The first kappa shape index (κ1) is 8.89. The van der Waals surface area contributed by atoms with Crippen LogP contribution in [0.25, 0.3) is 5.65 Å². The maximum absolute atomic E-state index is 12.8. The van der Waals surface area contributed by atoms with Gasteiger partial charge in [-0.25, -0.2) is 8.91 Å². The van der Waals surface area contributed by atoms with Gasteiger partial charge in [-0.3, -0.25) is 0 Å². The van der Waals surface area contributed by atoms with Gasteiger partial charge < -0.3 is 11.1 Å². The molecule has 2 heterocycles. The number of nitrogens with two attached hydrogens (primary N) is 1. The van der Waals surface area contributed by atoms with Gasteiger partial charge >= 0.3 is 0 Å². The van der Waals surface area contributed by atoms with E-state index < -0.39 is 0 Å². The summed E-state index contributed by atoms with van der Waals surface area (Å²) in [7, 11) is 0. The van der Waals surface area contributed by atoms with Crippen LogP contribution in [0.5, 0.6) is 0 Å². The number of nitrogens with one attached hydrogen (secondary N) is 1. The van der Waals surface area contributed by atoms with Gasteiger partial charge in [0.1, 0.15) is 5.82 Å². The minimum atomic E-state index is -0.340. The van der Waals surface area contributed by atoms with E-state index in [1.54, 1.807) is 6.07 Å². The third-order valence-corrected chi connectivity index (χ3v) is 1.72. The zero-order valence-electron chi connectivity index (χ0n) is 7.44. The molecule has 2 aromatic rings. The molecular weight excluding hydrogens is 185 g/mol. The van der Waals surface area contributed by atoms with Gasteiger partial charge in [0.2, 0.25) is 5.95 Å². The number of aromatic nitrogens is 3. The van der Waals surface area contributed by atoms with Gasteiger partial charge in [0.05, 0.1) is 6.20 Å². The molecule has 0 saturated carbocycles. The molecule has 0 spiro atoms. The first-order chi connectivity index (χ1) is 6.79. The maximum atomic E-state index is 12.8. The van der Waals surface area contributed by atoms with Crippen LogP contribution in [-0.2, 0) is 0 Å². The number of pyridine rings is 1. The normalized spacial score (nSPS) is 10.7. The van der Waals surface area contributed by atoms with E-state index in [1.165, 1.54) is 16.8 Å². The average molecular weight is 195 g/mol. The molecule has 14 heavy (non-hydrogen) atoms. The zero-order valence-corrected chi connectivity index (χ0v) is 7.44. The van der Waals surface area contributed by atoms with Gasteiger partial charge in [-0.1, -0.05) is 0 Å². The molecule has 0 unspecified atom stereocenters. The van der Waals surface area contributed by atoms with Crippen molar-refractivity contribution in [2.45, 2.75) is 0 Å². The number of hydrogen-bond acceptors (Lipinski definition) is 4. The third-order valence-electron chi connectivity index (χ3n) is 1.72. The minimum Gasteiger partial charge on any atom is -0.352 e. The summed E-state index contributed by atoms with van der Waals surface area (Å²) in [5, 5.41) is 6.92. The highest BCUT2D eigenvalue weighted by molar-refractivity contribution is 5.42. The Bertz CT molecular complexity index is 438. The largest absolute Gasteiger partial charge is 0.352 e. The summed E-state index contributed by atoms with van der Waals surface area (Å²) >= 11 is 0. The summed E-state index contributed by atoms with van der Waals surface area (Å²) in [4.78, 5) is 4.11. The molecule has 0 fully saturated rings. The molecule has 0 bridgehead atoms. The number of halogens is 1. The van der Waals surface area contributed by atoms with Crippen LogP contribution >= 0.6 is 0 Å². The average Bonchev–Trinajstić information content (AvgIpc) is 2.56. The van der Waals surface area contributed by atoms with Gasteiger partial charge in [0.15, 0.2) is 5.65 Å². The lowest BCUT2D eigenvalue weighted by atomic mass is 10.5. The van der Waals surface area contributed by atoms with E-state index in [0.29, 0.717) is 24.7 Å². The highest BCUT2D eigenvalue weighted by atomic mass is 19.1. The topological polar surface area (TPSA) is 68.2 Å². The van der Waals surface area contributed by atoms with E-state index >= 15 is 0 Å². The van der Waals surface area contributed by atoms with Crippen molar-refractivity contribution in [3.8, 4) is 0 Å². The van der Waals surface area contributed by atoms with Crippen LogP contribution in [-0.4, -0.2) is 27.7 Å². The molecule has 0 amide bonds. The number of fused-ring (bicyclic) bond motifs is 1. The van der Waals surface area contributed by atoms with Crippen LogP contribution in [0.1, 0.15) is 0 Å². The summed E-state index contributed by atoms with van der Waals surface area (Å²) in [6.45, 7) is 1.10. The standard InChI is InChI=1S/C8H10FN5/c9-6-1-2-7-12-8(11-4-3-10)13-14(7)5-6/h1-2,5H,3-4,10H2,(H,11,13). The van der Waals surface area contributed by atoms with Crippen molar-refractivity contribution in [3.05, 3.63) is 24.1 Å². The van der Waals surface area contributed by atoms with Crippen molar-refractivity contribution in [1.29, 1.82) is 0 Å². The van der Waals surface area contributed by atoms with Crippen LogP contribution in [0.3, 0.4) is 0 Å². The lowest BCUT2D eigenvalue weighted by molar-refractivity contribution is 0.615. The maximum Gasteiger partial charge on any atom is 0.243 e. The lowest BCUT2D eigenvalue weighted by Crippen LogP contribution is -2.13. The summed E-state index contributed by atoms with van der Waals surface area (Å²) in [6.07, 6.45) is 1.27. The highest BCUT2D eigenvalue weighted by Gasteiger charge is 2.02. The van der Waals surface area contributed by atoms with Gasteiger partial charge in [-0.2, -0.15) is 4.98 Å². The molecule has 6 heteroatoms. The van der Waals surface area contributed by atoms with Crippen molar-refractivity contribution in [2.24, 2.45) is 5.73 Å². The molecule has 74 valence electrons. The molecule has 0 atom stereocenters. The SMILES string of the molecule is NCCNc1nc2ccc(F)cn2n1. The van der Waals surface area contributed by atoms with Crippen molar-refractivity contribution in [2.75, 3.05) is 18.4 Å². The summed E-state index contributed by atoms with van der Waals surface area (Å²) < 4.78 is 14.2. The van der Waals surface area contributed by atoms with Crippen molar-refractivity contribution < 1.29 is 4.39 Å². The monoisotopic (exact) mass is 195 g/mol. The van der Waals surface area contributed by atoms with Gasteiger partial charge in [0.25, 0.3) is 0 Å². The predicted molar refractivity (Wildman–Crippen MR) is 50.5 cm³/mol. The Balaban J connectivity index is 2.32. The second-order valence-electron chi connectivity index (χ2n) is 2.80. The molecule has 0 radical (unpaired) electrons. The Morgan fingerprint density at radius 1 is 1.50 bits per heavy atom. The van der Waals surface area contributed by atoms with Crippen molar-refractivity contribution >= 4 is 11.6 Å². The molecule has 0 aliphatic carbocycles. The van der Waals surface area contributed by atoms with Gasteiger partial charge in [0, 0.05) is 13.1 Å². The Hall–Kier alpha value is -1.69. The van der Waals surface area contributed by atoms with E-state index in [0.717, 1.165) is 0 Å². The number of anilines is 1. The summed E-state index contributed by atoms with van der Waals surface area (Å²) in [5.74, 6) is 0.119. The molecule has 0 saturated heterocycles. The van der Waals surface area contributed by atoms with E-state index in [9.17, 15) is 4.39 Å². The first-order valence-electron chi connectivity index (χ1n) is 4.25. The number of nitrogens with zero attached hydrogens (tertiary/aromatic N) is 3. The van der Waals surface area contributed by atoms with Crippen LogP contribution < -0.4 is 11.1 Å². The van der Waals surface area contributed by atoms with Crippen LogP contribution in [0.15, 0.2) is 18.3 Å². The van der Waals surface area contributed by atoms with Crippen LogP contribution in [0.4, 0.5) is 10.3 Å². The quantitative estimate of drug-likeness (QED) is 0.736. The van der Waals surface area contributed by atoms with Crippen LogP contribution in [0.2, 0.25) is 0 Å². The number of rotatable bonds is 3. The zero-order chi connectivity index (χ0) is 9.97. The molecule has 5 nitrogen and oxygen atoms in total. The Morgan fingerprint density at radius 2 is 2.36 bits per heavy atom. The Morgan fingerprint density at radius 3 is 3.14 bits per heavy atom. The molecule has 3 N–H and O–H groups in total. The lowest BCUT2D eigenvalue weighted by Gasteiger charge is -1.94. The van der Waals surface area contributed by atoms with Gasteiger partial charge in [-0.05, 0) is 12.1 Å². The first-order valence-corrected chi connectivity index (χ1v) is 4.25. The van der Waals surface area contributed by atoms with Crippen LogP contribution in [0, 0.1) is 5.82 Å². The van der Waals surface area contributed by atoms with Crippen molar-refractivity contribution in [1.82, 2.24) is 14.6 Å². The fourth-order valence-corrected chi connectivity index (χ4v) is 1.12. The second kappa shape index (κ2) is 3.59. The molecule has 0 aliphatic rings. The fourth-order valence-electron chi connectivity index (χ4n) is 1.12. The Labute approximate surface area is 79.7 Å². The van der Waals surface area contributed by atoms with Gasteiger partial charge in [-0.15, -0.1) is 5.10 Å². The minimum absolute atomic E-state index is 0.340. The van der Waals surface area contributed by atoms with E-state index in [1.807, 2.05) is 0 Å². The van der Waals surface area contributed by atoms with E-state index in [-0.39, 0.29) is 5.82 Å². The van der Waals surface area contributed by atoms with E-state index in [4.69, 9.17) is 5.73 Å². The third kappa shape index (κ3) is 1.64. The smallest absolute Gasteiger partial charge is 0.243 e. The Kier molecular flexibility index (Phi) is 2.28. The molecule has 0 aromatic carbocycles.